The van der Waals surface area contributed by atoms with E-state index in [2.05, 4.69) is 36.4 Å². The molecule has 0 saturated carbocycles. The van der Waals surface area contributed by atoms with Crippen LogP contribution in [0, 0.1) is 0 Å². The summed E-state index contributed by atoms with van der Waals surface area (Å²) in [6.07, 6.45) is 4.41. The molecule has 0 heterocycles. The first-order valence-electron chi connectivity index (χ1n) is 4.18. The van der Waals surface area contributed by atoms with Gasteiger partial charge in [0.25, 0.3) is 0 Å². The minimum atomic E-state index is 0.499. The molecule has 2 heteroatoms. The van der Waals surface area contributed by atoms with Gasteiger partial charge in [-0.3, -0.25) is 0 Å². The third-order valence-corrected chi connectivity index (χ3v) is 2.58. The molecule has 0 aliphatic heterocycles. The van der Waals surface area contributed by atoms with Crippen LogP contribution in [0.2, 0.25) is 0 Å². The van der Waals surface area contributed by atoms with Gasteiger partial charge in [-0.2, -0.15) is 0 Å². The van der Waals surface area contributed by atoms with Gasteiger partial charge in [0.05, 0.1) is 0 Å². The van der Waals surface area contributed by atoms with Crippen molar-refractivity contribution in [2.45, 2.75) is 5.92 Å². The molecule has 0 amide bonds. The fourth-order valence-corrected chi connectivity index (χ4v) is 2.01. The Morgan fingerprint density at radius 3 is 3.00 bits per heavy atom. The first-order chi connectivity index (χ1) is 5.92. The zero-order valence-corrected chi connectivity index (χ0v) is 9.16. The lowest BCUT2D eigenvalue weighted by molar-refractivity contribution is 0.337. The third-order valence-electron chi connectivity index (χ3n) is 2.25. The lowest BCUT2D eigenvalue weighted by Gasteiger charge is -2.08. The van der Waals surface area contributed by atoms with Crippen LogP contribution in [0.1, 0.15) is 17.0 Å². The molecule has 0 saturated heterocycles. The molecular formula is C10H12OSi. The van der Waals surface area contributed by atoms with Crippen molar-refractivity contribution in [3.63, 3.8) is 0 Å². The summed E-state index contributed by atoms with van der Waals surface area (Å²) >= 11 is 0. The summed E-state index contributed by atoms with van der Waals surface area (Å²) < 4.78 is 5.27. The fourth-order valence-electron chi connectivity index (χ4n) is 1.65. The SMILES string of the molecule is [SiH3]OCC1C=Cc2ccccc21. The molecule has 1 aliphatic carbocycles. The fraction of sp³-hybridized carbons (Fsp3) is 0.200. The van der Waals surface area contributed by atoms with Crippen LogP contribution >= 0.6 is 0 Å². The van der Waals surface area contributed by atoms with Crippen LogP contribution in [0.25, 0.3) is 6.08 Å². The first kappa shape index (κ1) is 7.77. The van der Waals surface area contributed by atoms with Crippen LogP contribution in [-0.2, 0) is 4.43 Å². The highest BCUT2D eigenvalue weighted by Crippen LogP contribution is 2.29. The van der Waals surface area contributed by atoms with E-state index in [-0.39, 0.29) is 0 Å². The molecule has 62 valence electrons. The van der Waals surface area contributed by atoms with Gasteiger partial charge >= 0.3 is 0 Å². The van der Waals surface area contributed by atoms with Crippen LogP contribution in [0.5, 0.6) is 0 Å². The summed E-state index contributed by atoms with van der Waals surface area (Å²) in [6, 6.07) is 8.50. The van der Waals surface area contributed by atoms with Gasteiger partial charge < -0.3 is 4.43 Å². The van der Waals surface area contributed by atoms with Crippen molar-refractivity contribution in [1.29, 1.82) is 0 Å². The minimum Gasteiger partial charge on any atom is -0.427 e. The number of benzene rings is 1. The van der Waals surface area contributed by atoms with Crippen LogP contribution in [-0.4, -0.2) is 17.1 Å². The number of hydrogen-bond acceptors (Lipinski definition) is 1. The Hall–Kier alpha value is -0.863. The third kappa shape index (κ3) is 1.23. The van der Waals surface area contributed by atoms with Crippen LogP contribution in [0.15, 0.2) is 30.3 Å². The molecule has 12 heavy (non-hydrogen) atoms. The van der Waals surface area contributed by atoms with Crippen molar-refractivity contribution < 1.29 is 4.43 Å². The first-order valence-corrected chi connectivity index (χ1v) is 4.99. The monoisotopic (exact) mass is 176 g/mol. The summed E-state index contributed by atoms with van der Waals surface area (Å²) in [5.41, 5.74) is 2.76. The van der Waals surface area contributed by atoms with Gasteiger partial charge in [-0.25, -0.2) is 0 Å². The van der Waals surface area contributed by atoms with Crippen LogP contribution < -0.4 is 0 Å². The molecule has 1 atom stereocenters. The zero-order valence-electron chi connectivity index (χ0n) is 7.16. The van der Waals surface area contributed by atoms with E-state index in [0.717, 1.165) is 17.1 Å². The summed E-state index contributed by atoms with van der Waals surface area (Å²) in [6.45, 7) is 0.847. The molecular weight excluding hydrogens is 164 g/mol. The van der Waals surface area contributed by atoms with Crippen LogP contribution in [0.4, 0.5) is 0 Å². The summed E-state index contributed by atoms with van der Waals surface area (Å²) in [5, 5.41) is 0. The van der Waals surface area contributed by atoms with Gasteiger partial charge in [0.2, 0.25) is 0 Å². The van der Waals surface area contributed by atoms with Gasteiger partial charge in [0, 0.05) is 12.5 Å². The van der Waals surface area contributed by atoms with E-state index in [0.29, 0.717) is 5.92 Å². The molecule has 1 aromatic rings. The van der Waals surface area contributed by atoms with Gasteiger partial charge in [0.15, 0.2) is 0 Å². The Kier molecular flexibility index (Phi) is 2.10. The van der Waals surface area contributed by atoms with E-state index in [9.17, 15) is 0 Å². The van der Waals surface area contributed by atoms with Crippen molar-refractivity contribution in [2.24, 2.45) is 0 Å². The van der Waals surface area contributed by atoms with Crippen molar-refractivity contribution in [2.75, 3.05) is 6.61 Å². The zero-order chi connectivity index (χ0) is 8.39. The smallest absolute Gasteiger partial charge is 0.146 e. The van der Waals surface area contributed by atoms with E-state index >= 15 is 0 Å². The lowest BCUT2D eigenvalue weighted by Crippen LogP contribution is -2.01. The average molecular weight is 176 g/mol. The largest absolute Gasteiger partial charge is 0.427 e. The van der Waals surface area contributed by atoms with E-state index in [1.54, 1.807) is 0 Å². The Morgan fingerprint density at radius 2 is 2.17 bits per heavy atom. The van der Waals surface area contributed by atoms with Gasteiger partial charge in [-0.1, -0.05) is 36.4 Å². The molecule has 0 spiro atoms. The predicted octanol–water partition coefficient (Wildman–Crippen LogP) is 1.09. The van der Waals surface area contributed by atoms with Gasteiger partial charge in [-0.15, -0.1) is 0 Å². The Morgan fingerprint density at radius 1 is 1.33 bits per heavy atom. The van der Waals surface area contributed by atoms with E-state index in [4.69, 9.17) is 4.43 Å². The maximum Gasteiger partial charge on any atom is 0.146 e. The predicted molar refractivity (Wildman–Crippen MR) is 54.1 cm³/mol. The van der Waals surface area contributed by atoms with E-state index in [1.165, 1.54) is 11.1 Å². The summed E-state index contributed by atoms with van der Waals surface area (Å²) in [7, 11) is 0.832. The number of hydrogen-bond donors (Lipinski definition) is 0. The van der Waals surface area contributed by atoms with Crippen molar-refractivity contribution in [1.82, 2.24) is 0 Å². The summed E-state index contributed by atoms with van der Waals surface area (Å²) in [5.74, 6) is 0.499. The highest BCUT2D eigenvalue weighted by molar-refractivity contribution is 5.98. The molecule has 2 rings (SSSR count). The number of rotatable bonds is 2. The maximum absolute atomic E-state index is 5.27. The molecule has 1 aromatic carbocycles. The lowest BCUT2D eigenvalue weighted by atomic mass is 10.0. The molecule has 0 aromatic heterocycles. The van der Waals surface area contributed by atoms with Gasteiger partial charge in [-0.05, 0) is 11.1 Å². The Bertz CT molecular complexity index is 306. The van der Waals surface area contributed by atoms with Gasteiger partial charge in [0.1, 0.15) is 10.5 Å². The molecule has 0 fully saturated rings. The van der Waals surface area contributed by atoms with Crippen molar-refractivity contribution in [3.05, 3.63) is 41.5 Å². The van der Waals surface area contributed by atoms with E-state index in [1.807, 2.05) is 0 Å². The molecule has 0 bridgehead atoms. The quantitative estimate of drug-likeness (QED) is 0.613. The topological polar surface area (TPSA) is 9.23 Å². The highest BCUT2D eigenvalue weighted by atomic mass is 28.2. The van der Waals surface area contributed by atoms with Crippen molar-refractivity contribution >= 4 is 16.6 Å². The average Bonchev–Trinajstić information content (AvgIpc) is 2.50. The molecule has 1 unspecified atom stereocenters. The summed E-state index contributed by atoms with van der Waals surface area (Å²) in [4.78, 5) is 0. The van der Waals surface area contributed by atoms with Crippen molar-refractivity contribution in [3.8, 4) is 0 Å². The second kappa shape index (κ2) is 3.25. The maximum atomic E-state index is 5.27. The number of fused-ring (bicyclic) bond motifs is 1. The molecule has 0 N–H and O–H groups in total. The second-order valence-electron chi connectivity index (χ2n) is 3.05. The second-order valence-corrected chi connectivity index (χ2v) is 3.63. The Balaban J connectivity index is 2.30. The molecule has 1 aliphatic rings. The normalized spacial score (nSPS) is 19.8. The minimum absolute atomic E-state index is 0.499. The van der Waals surface area contributed by atoms with E-state index < -0.39 is 0 Å². The highest BCUT2D eigenvalue weighted by Gasteiger charge is 2.15. The molecule has 1 nitrogen and oxygen atoms in total. The standard InChI is InChI=1S/C10H12OSi/c12-11-7-9-6-5-8-3-1-2-4-10(8)9/h1-6,9H,7H2,12H3. The molecule has 0 radical (unpaired) electrons. The van der Waals surface area contributed by atoms with Crippen LogP contribution in [0.3, 0.4) is 0 Å². The Labute approximate surface area is 75.6 Å².